The molecule has 0 heterocycles. The average Bonchev–Trinajstić information content (AvgIpc) is 2.83. The molecule has 0 fully saturated rings. The smallest absolute Gasteiger partial charge is 0.123 e. The average molecular weight is 431 g/mol. The van der Waals surface area contributed by atoms with Crippen LogP contribution in [0.25, 0.3) is 0 Å². The van der Waals surface area contributed by atoms with Gasteiger partial charge in [0.1, 0.15) is 29.1 Å². The molecule has 0 aliphatic rings. The van der Waals surface area contributed by atoms with Crippen LogP contribution in [0.3, 0.4) is 0 Å². The highest BCUT2D eigenvalue weighted by molar-refractivity contribution is 7.42. The Hall–Kier alpha value is -2.70. The van der Waals surface area contributed by atoms with Crippen molar-refractivity contribution in [3.63, 3.8) is 0 Å². The van der Waals surface area contributed by atoms with Gasteiger partial charge in [0, 0.05) is 10.6 Å². The van der Waals surface area contributed by atoms with Crippen LogP contribution in [0.5, 0.6) is 11.5 Å². The van der Waals surface area contributed by atoms with Gasteiger partial charge in [-0.05, 0) is 35.4 Å². The first-order valence-electron chi connectivity index (χ1n) is 9.69. The third-order valence-corrected chi connectivity index (χ3v) is 6.41. The molecule has 2 N–H and O–H groups in total. The van der Waals surface area contributed by atoms with E-state index < -0.39 is 0 Å². The van der Waals surface area contributed by atoms with Gasteiger partial charge in [-0.1, -0.05) is 84.9 Å². The third-order valence-electron chi connectivity index (χ3n) is 4.60. The summed E-state index contributed by atoms with van der Waals surface area (Å²) < 4.78 is 11.8. The molecule has 30 heavy (non-hydrogen) atoms. The zero-order valence-electron chi connectivity index (χ0n) is 16.4. The van der Waals surface area contributed by atoms with E-state index in [1.165, 1.54) is 10.6 Å². The second-order valence-electron chi connectivity index (χ2n) is 6.76. The Morgan fingerprint density at radius 1 is 0.500 bits per heavy atom. The first kappa shape index (κ1) is 20.6. The monoisotopic (exact) mass is 431 g/mol. The van der Waals surface area contributed by atoms with Gasteiger partial charge in [-0.2, -0.15) is 0 Å². The van der Waals surface area contributed by atoms with Crippen LogP contribution in [-0.4, -0.2) is 0 Å². The predicted octanol–water partition coefficient (Wildman–Crippen LogP) is 5.33. The normalized spacial score (nSPS) is 12.4. The van der Waals surface area contributed by atoms with Crippen molar-refractivity contribution in [1.29, 1.82) is 0 Å². The van der Waals surface area contributed by atoms with Crippen LogP contribution in [0.4, 0.5) is 0 Å². The summed E-state index contributed by atoms with van der Waals surface area (Å²) in [5.41, 5.74) is 8.56. The van der Waals surface area contributed by atoms with Crippen molar-refractivity contribution in [2.75, 3.05) is 0 Å². The van der Waals surface area contributed by atoms with Crippen molar-refractivity contribution >= 4 is 28.2 Å². The van der Waals surface area contributed by atoms with E-state index in [0.717, 1.165) is 22.6 Å². The highest BCUT2D eigenvalue weighted by atomic mass is 31.1. The summed E-state index contributed by atoms with van der Waals surface area (Å²) in [6.45, 7) is 0. The molecule has 3 nitrogen and oxygen atoms in total. The minimum Gasteiger partial charge on any atom is -0.472 e. The Labute approximate surface area is 181 Å². The van der Waals surface area contributed by atoms with Gasteiger partial charge in [-0.15, -0.1) is 0 Å². The van der Waals surface area contributed by atoms with Crippen LogP contribution < -0.4 is 25.4 Å². The van der Waals surface area contributed by atoms with Crippen LogP contribution in [0.1, 0.15) is 17.2 Å². The van der Waals surface area contributed by atoms with Crippen molar-refractivity contribution in [1.82, 2.24) is 0 Å². The van der Waals surface area contributed by atoms with E-state index in [1.807, 2.05) is 84.9 Å². The fourth-order valence-electron chi connectivity index (χ4n) is 2.93. The van der Waals surface area contributed by atoms with Gasteiger partial charge in [-0.3, -0.25) is 0 Å². The summed E-state index contributed by atoms with van der Waals surface area (Å²) in [6, 6.07) is 36.2. The zero-order chi connectivity index (χ0) is 20.6. The summed E-state index contributed by atoms with van der Waals surface area (Å²) in [5, 5.41) is 2.35. The molecule has 0 aliphatic carbocycles. The summed E-state index contributed by atoms with van der Waals surface area (Å²) >= 11 is 0. The van der Waals surface area contributed by atoms with Crippen LogP contribution in [0, 0.1) is 0 Å². The summed E-state index contributed by atoms with van der Waals surface area (Å²) in [6.07, 6.45) is 0. The molecule has 4 aromatic carbocycles. The quantitative estimate of drug-likeness (QED) is 0.384. The molecule has 0 aromatic heterocycles. The fourth-order valence-corrected chi connectivity index (χ4v) is 4.33. The van der Waals surface area contributed by atoms with Crippen molar-refractivity contribution in [3.05, 3.63) is 120 Å². The Morgan fingerprint density at radius 3 is 1.23 bits per heavy atom. The molecule has 4 rings (SSSR count). The molecule has 2 unspecified atom stereocenters. The summed E-state index contributed by atoms with van der Waals surface area (Å²) in [5.74, 6) is 1.69. The van der Waals surface area contributed by atoms with Crippen LogP contribution in [-0.2, 0) is 0 Å². The Bertz CT molecular complexity index is 953. The van der Waals surface area contributed by atoms with E-state index in [9.17, 15) is 0 Å². The van der Waals surface area contributed by atoms with Crippen LogP contribution in [0.2, 0.25) is 0 Å². The van der Waals surface area contributed by atoms with Gasteiger partial charge in [0.2, 0.25) is 0 Å². The first-order valence-corrected chi connectivity index (χ1v) is 11.5. The maximum absolute atomic E-state index is 6.47. The van der Waals surface area contributed by atoms with Gasteiger partial charge in [0.15, 0.2) is 0 Å². The van der Waals surface area contributed by atoms with E-state index >= 15 is 0 Å². The van der Waals surface area contributed by atoms with Crippen molar-refractivity contribution in [2.45, 2.75) is 6.04 Å². The number of hydrogen-bond donors (Lipinski definition) is 1. The van der Waals surface area contributed by atoms with E-state index in [2.05, 4.69) is 24.3 Å². The van der Waals surface area contributed by atoms with E-state index in [0.29, 0.717) is 0 Å². The van der Waals surface area contributed by atoms with Crippen LogP contribution >= 0.6 is 17.6 Å². The van der Waals surface area contributed by atoms with Gasteiger partial charge in [-0.25, -0.2) is 0 Å². The Balaban J connectivity index is 1.33. The lowest BCUT2D eigenvalue weighted by atomic mass is 9.99. The van der Waals surface area contributed by atoms with Crippen LogP contribution in [0.15, 0.2) is 109 Å². The van der Waals surface area contributed by atoms with Crippen molar-refractivity contribution in [3.8, 4) is 11.5 Å². The highest BCUT2D eigenvalue weighted by Gasteiger charge is 2.09. The van der Waals surface area contributed by atoms with E-state index in [-0.39, 0.29) is 23.7 Å². The van der Waals surface area contributed by atoms with Gasteiger partial charge in [0.25, 0.3) is 0 Å². The maximum atomic E-state index is 6.47. The molecule has 150 valence electrons. The highest BCUT2D eigenvalue weighted by Crippen LogP contribution is 2.27. The minimum atomic E-state index is -0.193. The van der Waals surface area contributed by atoms with Crippen molar-refractivity contribution < 1.29 is 9.05 Å². The lowest BCUT2D eigenvalue weighted by Crippen LogP contribution is -2.11. The number of rotatable bonds is 8. The number of nitrogens with two attached hydrogens (primary N) is 1. The van der Waals surface area contributed by atoms with Gasteiger partial charge < -0.3 is 14.8 Å². The predicted molar refractivity (Wildman–Crippen MR) is 129 cm³/mol. The molecule has 5 heteroatoms. The molecular formula is C25H23NO2P2. The molecule has 0 amide bonds. The maximum Gasteiger partial charge on any atom is 0.123 e. The summed E-state index contributed by atoms with van der Waals surface area (Å²) in [7, 11) is 0.578. The minimum absolute atomic E-state index is 0.193. The molecule has 0 spiro atoms. The molecule has 0 saturated carbocycles. The fraction of sp³-hybridized carbons (Fsp3) is 0.0400. The third kappa shape index (κ3) is 5.68. The SMILES string of the molecule is NC(c1ccc(OPc2ccccc2)cc1)c1ccc(OPc2ccccc2)cc1. The van der Waals surface area contributed by atoms with Gasteiger partial charge >= 0.3 is 0 Å². The molecule has 0 bridgehead atoms. The second-order valence-corrected chi connectivity index (χ2v) is 8.73. The second kappa shape index (κ2) is 10.4. The molecule has 0 radical (unpaired) electrons. The molecule has 2 atom stereocenters. The van der Waals surface area contributed by atoms with E-state index in [4.69, 9.17) is 14.8 Å². The molecule has 0 saturated heterocycles. The topological polar surface area (TPSA) is 44.5 Å². The lowest BCUT2D eigenvalue weighted by Gasteiger charge is -2.14. The van der Waals surface area contributed by atoms with E-state index in [1.54, 1.807) is 0 Å². The Morgan fingerprint density at radius 2 is 0.867 bits per heavy atom. The standard InChI is InChI=1S/C25H23NO2P2/c26-25(19-11-15-21(16-12-19)27-29-23-7-3-1-4-8-23)20-13-17-22(18-14-20)28-30-24-9-5-2-6-10-24/h1-18,25,29-30H,26H2. The number of hydrogen-bond acceptors (Lipinski definition) is 3. The molecule has 0 aliphatic heterocycles. The van der Waals surface area contributed by atoms with Crippen molar-refractivity contribution in [2.24, 2.45) is 5.73 Å². The number of benzene rings is 4. The molecular weight excluding hydrogens is 408 g/mol. The van der Waals surface area contributed by atoms with Gasteiger partial charge in [0.05, 0.1) is 6.04 Å². The molecule has 4 aromatic rings. The summed E-state index contributed by atoms with van der Waals surface area (Å²) in [4.78, 5) is 0. The first-order chi connectivity index (χ1) is 14.8. The Kier molecular flexibility index (Phi) is 7.11. The largest absolute Gasteiger partial charge is 0.472 e. The lowest BCUT2D eigenvalue weighted by molar-refractivity contribution is 0.636. The zero-order valence-corrected chi connectivity index (χ0v) is 18.4.